The molecule has 0 aliphatic rings. The maximum atomic E-state index is 10.9. The van der Waals surface area contributed by atoms with Crippen molar-refractivity contribution in [2.45, 2.75) is 11.1 Å². The second-order valence-corrected chi connectivity index (χ2v) is 3.84. The molecule has 0 N–H and O–H groups in total. The molecule has 1 aromatic heterocycles. The van der Waals surface area contributed by atoms with Crippen LogP contribution in [0.4, 0.5) is 0 Å². The zero-order valence-electron chi connectivity index (χ0n) is 5.83. The van der Waals surface area contributed by atoms with E-state index < -0.39 is 0 Å². The highest BCUT2D eigenvalue weighted by molar-refractivity contribution is 8.05. The lowest BCUT2D eigenvalue weighted by atomic mass is 10.2. The Morgan fingerprint density at radius 2 is 2.55 bits per heavy atom. The maximum Gasteiger partial charge on any atom is 0.161 e. The van der Waals surface area contributed by atoms with Gasteiger partial charge in [-0.25, -0.2) is 0 Å². The molecule has 0 aliphatic heterocycles. The lowest BCUT2D eigenvalue weighted by Gasteiger charge is -1.90. The van der Waals surface area contributed by atoms with E-state index >= 15 is 0 Å². The van der Waals surface area contributed by atoms with E-state index in [4.69, 9.17) is 5.26 Å². The monoisotopic (exact) mass is 183 g/mol. The number of carbonyl (C=O) groups excluding carboxylic acids is 1. The van der Waals surface area contributed by atoms with Crippen molar-refractivity contribution in [3.63, 3.8) is 0 Å². The number of carbonyl (C=O) groups is 1. The van der Waals surface area contributed by atoms with Crippen molar-refractivity contribution < 1.29 is 4.79 Å². The van der Waals surface area contributed by atoms with Gasteiger partial charge in [0, 0.05) is 17.3 Å². The molecule has 0 aromatic carbocycles. The van der Waals surface area contributed by atoms with Crippen molar-refractivity contribution >= 4 is 28.9 Å². The number of nitriles is 1. The molecule has 0 spiro atoms. The Morgan fingerprint density at radius 3 is 3.09 bits per heavy atom. The first-order valence-corrected chi connectivity index (χ1v) is 4.59. The third-order valence-corrected chi connectivity index (χ3v) is 2.89. The fraction of sp³-hybridized carbons (Fsp3) is 0.143. The summed E-state index contributed by atoms with van der Waals surface area (Å²) in [6, 6.07) is 1.74. The second kappa shape index (κ2) is 3.56. The zero-order chi connectivity index (χ0) is 8.27. The summed E-state index contributed by atoms with van der Waals surface area (Å²) in [5, 5.41) is 12.1. The molecule has 1 heterocycles. The first-order chi connectivity index (χ1) is 5.25. The Kier molecular flexibility index (Phi) is 2.69. The highest BCUT2D eigenvalue weighted by atomic mass is 32.2. The average Bonchev–Trinajstić information content (AvgIpc) is 2.36. The van der Waals surface area contributed by atoms with Gasteiger partial charge >= 0.3 is 0 Å². The first kappa shape index (κ1) is 8.31. The summed E-state index contributed by atoms with van der Waals surface area (Å²) in [7, 11) is 0. The van der Waals surface area contributed by atoms with E-state index in [9.17, 15) is 4.79 Å². The number of nitrogens with zero attached hydrogens (tertiary/aromatic N) is 1. The average molecular weight is 183 g/mol. The van der Waals surface area contributed by atoms with Crippen LogP contribution >= 0.6 is 23.1 Å². The summed E-state index contributed by atoms with van der Waals surface area (Å²) in [5.41, 5.74) is 0.654. The quantitative estimate of drug-likeness (QED) is 0.402. The Balaban J connectivity index is 2.98. The molecule has 11 heavy (non-hydrogen) atoms. The SMILES string of the molecule is CC(=O)c1ccsc1SC#N. The normalized spacial score (nSPS) is 9.09. The standard InChI is InChI=1S/C7H5NOS2/c1-5(9)6-2-3-10-7(6)11-4-8/h2-3H,1H3. The fourth-order valence-electron chi connectivity index (χ4n) is 0.677. The highest BCUT2D eigenvalue weighted by Crippen LogP contribution is 2.27. The van der Waals surface area contributed by atoms with Crippen LogP contribution in [0.2, 0.25) is 0 Å². The van der Waals surface area contributed by atoms with Gasteiger partial charge < -0.3 is 0 Å². The fourth-order valence-corrected chi connectivity index (χ4v) is 2.22. The van der Waals surface area contributed by atoms with Crippen molar-refractivity contribution in [3.8, 4) is 5.40 Å². The van der Waals surface area contributed by atoms with Crippen molar-refractivity contribution in [2.24, 2.45) is 0 Å². The van der Waals surface area contributed by atoms with Crippen LogP contribution in [0, 0.1) is 10.7 Å². The van der Waals surface area contributed by atoms with E-state index in [0.29, 0.717) is 5.56 Å². The Morgan fingerprint density at radius 1 is 1.82 bits per heavy atom. The number of rotatable bonds is 2. The van der Waals surface area contributed by atoms with Gasteiger partial charge in [0.2, 0.25) is 0 Å². The summed E-state index contributed by atoms with van der Waals surface area (Å²) in [6.45, 7) is 1.50. The van der Waals surface area contributed by atoms with E-state index in [0.717, 1.165) is 16.0 Å². The third kappa shape index (κ3) is 1.82. The smallest absolute Gasteiger partial charge is 0.161 e. The van der Waals surface area contributed by atoms with Gasteiger partial charge in [-0.2, -0.15) is 5.26 Å². The van der Waals surface area contributed by atoms with Gasteiger partial charge in [0.25, 0.3) is 0 Å². The minimum atomic E-state index is 0.0176. The van der Waals surface area contributed by atoms with E-state index in [2.05, 4.69) is 0 Å². The van der Waals surface area contributed by atoms with Crippen LogP contribution in [-0.4, -0.2) is 5.78 Å². The second-order valence-electron chi connectivity index (χ2n) is 1.87. The molecular weight excluding hydrogens is 178 g/mol. The van der Waals surface area contributed by atoms with E-state index in [1.54, 1.807) is 6.07 Å². The lowest BCUT2D eigenvalue weighted by Crippen LogP contribution is -1.88. The highest BCUT2D eigenvalue weighted by Gasteiger charge is 2.07. The summed E-state index contributed by atoms with van der Waals surface area (Å²) < 4.78 is 0.792. The van der Waals surface area contributed by atoms with Crippen LogP contribution in [0.25, 0.3) is 0 Å². The van der Waals surface area contributed by atoms with Crippen LogP contribution in [0.15, 0.2) is 15.7 Å². The topological polar surface area (TPSA) is 40.9 Å². The molecule has 1 aromatic rings. The number of hydrogen-bond acceptors (Lipinski definition) is 4. The minimum Gasteiger partial charge on any atom is -0.294 e. The predicted octanol–water partition coefficient (Wildman–Crippen LogP) is 2.52. The van der Waals surface area contributed by atoms with Crippen molar-refractivity contribution in [3.05, 3.63) is 17.0 Å². The molecule has 0 aliphatic carbocycles. The summed E-state index contributed by atoms with van der Waals surface area (Å²) >= 11 is 2.46. The van der Waals surface area contributed by atoms with Gasteiger partial charge in [0.15, 0.2) is 5.78 Å². The van der Waals surface area contributed by atoms with Crippen LogP contribution in [0.3, 0.4) is 0 Å². The van der Waals surface area contributed by atoms with E-state index in [1.165, 1.54) is 18.3 Å². The first-order valence-electron chi connectivity index (χ1n) is 2.90. The number of hydrogen-bond donors (Lipinski definition) is 0. The van der Waals surface area contributed by atoms with Gasteiger partial charge in [-0.3, -0.25) is 4.79 Å². The molecule has 0 atom stereocenters. The summed E-state index contributed by atoms with van der Waals surface area (Å²) in [4.78, 5) is 10.9. The van der Waals surface area contributed by atoms with Gasteiger partial charge in [-0.15, -0.1) is 11.3 Å². The molecule has 1 rings (SSSR count). The third-order valence-electron chi connectivity index (χ3n) is 1.15. The predicted molar refractivity (Wildman–Crippen MR) is 45.8 cm³/mol. The number of ketones is 1. The van der Waals surface area contributed by atoms with E-state index in [1.807, 2.05) is 10.8 Å². The molecule has 2 nitrogen and oxygen atoms in total. The number of Topliss-reactive ketones (excluding diaryl/α,β-unsaturated/α-hetero) is 1. The molecule has 0 amide bonds. The molecule has 0 radical (unpaired) electrons. The lowest BCUT2D eigenvalue weighted by molar-refractivity contribution is 0.101. The molecule has 4 heteroatoms. The molecule has 0 saturated heterocycles. The number of thiophene rings is 1. The zero-order valence-corrected chi connectivity index (χ0v) is 7.46. The summed E-state index contributed by atoms with van der Waals surface area (Å²) in [5.74, 6) is 0.0176. The largest absolute Gasteiger partial charge is 0.294 e. The van der Waals surface area contributed by atoms with Crippen molar-refractivity contribution in [2.75, 3.05) is 0 Å². The van der Waals surface area contributed by atoms with Crippen LogP contribution in [0.5, 0.6) is 0 Å². The van der Waals surface area contributed by atoms with Crippen LogP contribution < -0.4 is 0 Å². The molecular formula is C7H5NOS2. The molecule has 0 fully saturated rings. The molecule has 0 bridgehead atoms. The molecule has 56 valence electrons. The number of thioether (sulfide) groups is 1. The van der Waals surface area contributed by atoms with Gasteiger partial charge in [0.1, 0.15) is 5.40 Å². The van der Waals surface area contributed by atoms with Crippen LogP contribution in [0.1, 0.15) is 17.3 Å². The molecule has 0 unspecified atom stereocenters. The Labute approximate surface area is 72.8 Å². The molecule has 0 saturated carbocycles. The van der Waals surface area contributed by atoms with Crippen LogP contribution in [-0.2, 0) is 0 Å². The van der Waals surface area contributed by atoms with Crippen molar-refractivity contribution in [1.29, 1.82) is 5.26 Å². The maximum absolute atomic E-state index is 10.9. The van der Waals surface area contributed by atoms with Crippen molar-refractivity contribution in [1.82, 2.24) is 0 Å². The minimum absolute atomic E-state index is 0.0176. The summed E-state index contributed by atoms with van der Waals surface area (Å²) in [6.07, 6.45) is 0. The Bertz CT molecular complexity index is 310. The van der Waals surface area contributed by atoms with Gasteiger partial charge in [-0.05, 0) is 18.4 Å². The van der Waals surface area contributed by atoms with E-state index in [-0.39, 0.29) is 5.78 Å². The number of thiocyanates is 1. The van der Waals surface area contributed by atoms with Gasteiger partial charge in [0.05, 0.1) is 4.21 Å². The van der Waals surface area contributed by atoms with Gasteiger partial charge in [-0.1, -0.05) is 0 Å². The Hall–Kier alpha value is -0.790.